The molecule has 0 aliphatic rings. The molecule has 108 valence electrons. The zero-order valence-electron chi connectivity index (χ0n) is 10.3. The van der Waals surface area contributed by atoms with Crippen LogP contribution in [0.1, 0.15) is 10.4 Å². The quantitative estimate of drug-likeness (QED) is 0.640. The number of benzene rings is 2. The van der Waals surface area contributed by atoms with E-state index in [-0.39, 0.29) is 22.0 Å². The van der Waals surface area contributed by atoms with Gasteiger partial charge < -0.3 is 5.32 Å². The van der Waals surface area contributed by atoms with Gasteiger partial charge in [-0.1, -0.05) is 17.7 Å². The van der Waals surface area contributed by atoms with Crippen LogP contribution in [0, 0.1) is 15.9 Å². The molecule has 0 aromatic heterocycles. The second-order valence-corrected chi connectivity index (χ2v) is 5.21. The van der Waals surface area contributed by atoms with Gasteiger partial charge in [0.2, 0.25) is 0 Å². The van der Waals surface area contributed by atoms with Gasteiger partial charge in [-0.05, 0) is 40.2 Å². The molecule has 0 unspecified atom stereocenters. The van der Waals surface area contributed by atoms with E-state index in [1.165, 1.54) is 30.3 Å². The number of nitro groups is 1. The number of halogens is 3. The average Bonchev–Trinajstić information content (AvgIpc) is 2.42. The molecule has 0 bridgehead atoms. The van der Waals surface area contributed by atoms with Gasteiger partial charge in [0, 0.05) is 10.5 Å². The third kappa shape index (κ3) is 3.37. The third-order valence-corrected chi connectivity index (χ3v) is 3.68. The van der Waals surface area contributed by atoms with Crippen LogP contribution in [0.3, 0.4) is 0 Å². The summed E-state index contributed by atoms with van der Waals surface area (Å²) in [4.78, 5) is 22.2. The van der Waals surface area contributed by atoms with Crippen molar-refractivity contribution >= 4 is 44.8 Å². The highest BCUT2D eigenvalue weighted by Gasteiger charge is 2.20. The predicted octanol–water partition coefficient (Wildman–Crippen LogP) is 4.40. The summed E-state index contributed by atoms with van der Waals surface area (Å²) in [5.74, 6) is -1.20. The van der Waals surface area contributed by atoms with Gasteiger partial charge in [0.15, 0.2) is 0 Å². The number of anilines is 1. The summed E-state index contributed by atoms with van der Waals surface area (Å²) in [6.07, 6.45) is 0. The van der Waals surface area contributed by atoms with Crippen molar-refractivity contribution in [2.24, 2.45) is 0 Å². The van der Waals surface area contributed by atoms with Gasteiger partial charge in [-0.25, -0.2) is 4.39 Å². The summed E-state index contributed by atoms with van der Waals surface area (Å²) in [6, 6.07) is 7.65. The second-order valence-electron chi connectivity index (χ2n) is 3.97. The second kappa shape index (κ2) is 6.19. The highest BCUT2D eigenvalue weighted by Crippen LogP contribution is 2.29. The molecular weight excluding hydrogens is 367 g/mol. The maximum Gasteiger partial charge on any atom is 0.288 e. The molecule has 1 N–H and O–H groups in total. The number of nitrogens with one attached hydrogen (secondary N) is 1. The molecule has 2 aromatic rings. The number of nitrogens with zero attached hydrogens (tertiary/aromatic N) is 1. The molecule has 0 heterocycles. The summed E-state index contributed by atoms with van der Waals surface area (Å²) in [6.45, 7) is 0. The van der Waals surface area contributed by atoms with Crippen molar-refractivity contribution in [2.75, 3.05) is 5.32 Å². The maximum absolute atomic E-state index is 13.2. The molecule has 2 rings (SSSR count). The molecule has 0 aliphatic heterocycles. The molecule has 2 aromatic carbocycles. The van der Waals surface area contributed by atoms with Crippen LogP contribution in [-0.4, -0.2) is 10.8 Å². The summed E-state index contributed by atoms with van der Waals surface area (Å²) in [5.41, 5.74) is -0.243. The molecule has 5 nitrogen and oxygen atoms in total. The molecule has 0 atom stereocenters. The van der Waals surface area contributed by atoms with Crippen molar-refractivity contribution in [2.45, 2.75) is 0 Å². The van der Waals surface area contributed by atoms with E-state index in [1.807, 2.05) is 0 Å². The Labute approximate surface area is 132 Å². The molecule has 0 aliphatic carbocycles. The molecule has 0 spiro atoms. The first-order chi connectivity index (χ1) is 9.90. The van der Waals surface area contributed by atoms with E-state index >= 15 is 0 Å². The van der Waals surface area contributed by atoms with Gasteiger partial charge in [0.25, 0.3) is 11.6 Å². The first-order valence-corrected chi connectivity index (χ1v) is 6.76. The van der Waals surface area contributed by atoms with E-state index < -0.39 is 16.6 Å². The highest BCUT2D eigenvalue weighted by atomic mass is 79.9. The number of amides is 1. The fourth-order valence-corrected chi connectivity index (χ4v) is 2.25. The van der Waals surface area contributed by atoms with Crippen molar-refractivity contribution in [3.05, 3.63) is 67.4 Å². The lowest BCUT2D eigenvalue weighted by Gasteiger charge is -2.08. The monoisotopic (exact) mass is 372 g/mol. The van der Waals surface area contributed by atoms with Gasteiger partial charge in [-0.2, -0.15) is 0 Å². The largest absolute Gasteiger partial charge is 0.321 e. The molecule has 8 heteroatoms. The van der Waals surface area contributed by atoms with Crippen molar-refractivity contribution in [3.63, 3.8) is 0 Å². The molecule has 0 saturated carbocycles. The summed E-state index contributed by atoms with van der Waals surface area (Å²) >= 11 is 9.01. The lowest BCUT2D eigenvalue weighted by atomic mass is 10.2. The molecule has 1 amide bonds. The van der Waals surface area contributed by atoms with Crippen LogP contribution in [0.5, 0.6) is 0 Å². The molecule has 0 radical (unpaired) electrons. The number of hydrogen-bond donors (Lipinski definition) is 1. The van der Waals surface area contributed by atoms with Crippen molar-refractivity contribution in [3.8, 4) is 0 Å². The summed E-state index contributed by atoms with van der Waals surface area (Å²) < 4.78 is 13.6. The van der Waals surface area contributed by atoms with Crippen LogP contribution in [0.15, 0.2) is 40.9 Å². The van der Waals surface area contributed by atoms with Crippen molar-refractivity contribution in [1.82, 2.24) is 0 Å². The Bertz CT molecular complexity index is 739. The van der Waals surface area contributed by atoms with Crippen molar-refractivity contribution < 1.29 is 14.1 Å². The van der Waals surface area contributed by atoms with Crippen LogP contribution in [-0.2, 0) is 0 Å². The van der Waals surface area contributed by atoms with E-state index in [0.717, 1.165) is 6.07 Å². The van der Waals surface area contributed by atoms with Crippen LogP contribution in [0.4, 0.5) is 15.8 Å². The molecule has 0 fully saturated rings. The van der Waals surface area contributed by atoms with E-state index in [2.05, 4.69) is 21.2 Å². The van der Waals surface area contributed by atoms with Crippen LogP contribution >= 0.6 is 27.5 Å². The number of carbonyl (C=O) groups is 1. The van der Waals surface area contributed by atoms with Gasteiger partial charge in [0.05, 0.1) is 16.2 Å². The normalized spacial score (nSPS) is 10.2. The average molecular weight is 374 g/mol. The Hall–Kier alpha value is -1.99. The minimum Gasteiger partial charge on any atom is -0.321 e. The highest BCUT2D eigenvalue weighted by molar-refractivity contribution is 9.10. The fraction of sp³-hybridized carbons (Fsp3) is 0. The Morgan fingerprint density at radius 1 is 1.33 bits per heavy atom. The first-order valence-electron chi connectivity index (χ1n) is 5.59. The van der Waals surface area contributed by atoms with Crippen molar-refractivity contribution in [1.29, 1.82) is 0 Å². The molecule has 21 heavy (non-hydrogen) atoms. The first kappa shape index (κ1) is 15.4. The minimum atomic E-state index is -0.683. The Balaban J connectivity index is 2.35. The Morgan fingerprint density at radius 2 is 2.05 bits per heavy atom. The number of rotatable bonds is 3. The maximum atomic E-state index is 13.2. The standard InChI is InChI=1S/C13H7BrClFN2O3/c14-9-5-4-7(16)6-10(9)17-13(19)8-2-1-3-11(12(8)15)18(20)21/h1-6H,(H,17,19). The van der Waals surface area contributed by atoms with E-state index in [9.17, 15) is 19.3 Å². The number of nitro benzene ring substituents is 1. The SMILES string of the molecule is O=C(Nc1cc(F)ccc1Br)c1cccc([N+](=O)[O-])c1Cl. The third-order valence-electron chi connectivity index (χ3n) is 2.60. The van der Waals surface area contributed by atoms with Crippen LogP contribution in [0.2, 0.25) is 5.02 Å². The van der Waals surface area contributed by atoms with Gasteiger partial charge in [-0.15, -0.1) is 0 Å². The topological polar surface area (TPSA) is 72.2 Å². The summed E-state index contributed by atoms with van der Waals surface area (Å²) in [7, 11) is 0. The smallest absolute Gasteiger partial charge is 0.288 e. The molecule has 0 saturated heterocycles. The lowest BCUT2D eigenvalue weighted by Crippen LogP contribution is -2.13. The summed E-state index contributed by atoms with van der Waals surface area (Å²) in [5, 5.41) is 13.0. The number of hydrogen-bond acceptors (Lipinski definition) is 3. The number of carbonyl (C=O) groups excluding carboxylic acids is 1. The van der Waals surface area contributed by atoms with Gasteiger partial charge >= 0.3 is 0 Å². The van der Waals surface area contributed by atoms with Gasteiger partial charge in [-0.3, -0.25) is 14.9 Å². The van der Waals surface area contributed by atoms with Crippen LogP contribution < -0.4 is 5.32 Å². The predicted molar refractivity (Wildman–Crippen MR) is 80.2 cm³/mol. The Kier molecular flexibility index (Phi) is 4.54. The van der Waals surface area contributed by atoms with E-state index in [1.54, 1.807) is 0 Å². The Morgan fingerprint density at radius 3 is 2.71 bits per heavy atom. The van der Waals surface area contributed by atoms with E-state index in [4.69, 9.17) is 11.6 Å². The lowest BCUT2D eigenvalue weighted by molar-refractivity contribution is -0.384. The fourth-order valence-electron chi connectivity index (χ4n) is 1.62. The zero-order valence-corrected chi connectivity index (χ0v) is 12.6. The van der Waals surface area contributed by atoms with Crippen LogP contribution in [0.25, 0.3) is 0 Å². The zero-order chi connectivity index (χ0) is 15.6. The molecular formula is C13H7BrClFN2O3. The minimum absolute atomic E-state index is 0.0676. The van der Waals surface area contributed by atoms with Gasteiger partial charge in [0.1, 0.15) is 10.8 Å². The van der Waals surface area contributed by atoms with E-state index in [0.29, 0.717) is 4.47 Å².